The number of ketones is 8. The zero-order valence-corrected chi connectivity index (χ0v) is 52.0. The molecule has 10 nitrogen and oxygen atoms in total. The molecule has 0 N–H and O–H groups in total. The van der Waals surface area contributed by atoms with Crippen molar-refractivity contribution in [3.8, 4) is 0 Å². The zero-order chi connectivity index (χ0) is 66.2. The fraction of sp³-hybridized carbons (Fsp3) is 0.149. The van der Waals surface area contributed by atoms with Gasteiger partial charge in [-0.25, -0.2) is 4.98 Å². The first-order chi connectivity index (χ1) is 44.6. The summed E-state index contributed by atoms with van der Waals surface area (Å²) in [6, 6.07) is 52.6. The van der Waals surface area contributed by atoms with Crippen LogP contribution in [0.4, 0.5) is 26.3 Å². The topological polar surface area (TPSA) is 163 Å². The van der Waals surface area contributed by atoms with Gasteiger partial charge in [0.15, 0.2) is 58.2 Å². The molecule has 0 unspecified atom stereocenters. The van der Waals surface area contributed by atoms with Crippen molar-refractivity contribution in [2.75, 3.05) is 0 Å². The lowest BCUT2D eigenvalue weighted by atomic mass is 9.97. The number of aryl methyl sites for hydroxylation is 1. The Labute approximate surface area is 541 Å². The summed E-state index contributed by atoms with van der Waals surface area (Å²) in [5.41, 5.74) is 3.67. The van der Waals surface area contributed by atoms with Crippen LogP contribution in [-0.2, 0) is 12.4 Å². The van der Waals surface area contributed by atoms with E-state index in [2.05, 4.69) is 4.98 Å². The second kappa shape index (κ2) is 30.9. The maximum Gasteiger partial charge on any atom is 0.417 e. The van der Waals surface area contributed by atoms with Gasteiger partial charge in [0.25, 0.3) is 0 Å². The summed E-state index contributed by atoms with van der Waals surface area (Å²) in [6.45, 7) is 1.98. The molecule has 0 bridgehead atoms. The SMILES string of the molecule is Cc1ccc(C(=O)CCC(=O)c2ccc3sccc3c2)cc1.O=C(CCC(=O)c1ccc2ocnc2c1)c1ccccc1.O=C(CCC(=O)c1ccc2sccc2c1)c1cccc(C(F)(F)F)c1.O=C(CCC(=O)c1ccccc1C(F)(F)F)c1ccc2sccc2c1. The Morgan fingerprint density at radius 1 is 0.366 bits per heavy atom. The Hall–Kier alpha value is -9.95. The van der Waals surface area contributed by atoms with Crippen LogP contribution in [0.5, 0.6) is 0 Å². The van der Waals surface area contributed by atoms with Gasteiger partial charge in [-0.3, -0.25) is 38.4 Å². The van der Waals surface area contributed by atoms with Gasteiger partial charge in [0.05, 0.1) is 11.1 Å². The summed E-state index contributed by atoms with van der Waals surface area (Å²) < 4.78 is 85.4. The highest BCUT2D eigenvalue weighted by molar-refractivity contribution is 7.17. The van der Waals surface area contributed by atoms with E-state index < -0.39 is 40.6 Å². The largest absolute Gasteiger partial charge is 0.443 e. The van der Waals surface area contributed by atoms with Gasteiger partial charge in [-0.15, -0.1) is 34.0 Å². The van der Waals surface area contributed by atoms with Gasteiger partial charge in [-0.1, -0.05) is 90.5 Å². The minimum Gasteiger partial charge on any atom is -0.443 e. The second-order valence-corrected chi connectivity index (χ2v) is 24.1. The maximum absolute atomic E-state index is 13.0. The van der Waals surface area contributed by atoms with Crippen molar-refractivity contribution in [3.63, 3.8) is 0 Å². The van der Waals surface area contributed by atoms with Gasteiger partial charge >= 0.3 is 12.4 Å². The number of rotatable bonds is 20. The molecule has 0 radical (unpaired) electrons. The standard InChI is InChI=1S/2C19H13F3O2S.C19H16O2S.C17H13NO3/c20-19(21,22)15-3-1-2-12(11-15)16(23)5-6-17(24)13-4-7-18-14(10-13)8-9-25-18;20-19(21,22)15-4-2-1-3-14(15)17(24)7-6-16(23)12-5-8-18-13(11-12)9-10-25-18;1-13-2-4-14(5-3-13)17(20)7-8-18(21)15-6-9-19-16(12-15)10-11-22-19;19-15(12-4-2-1-3-5-12)7-8-16(20)13-6-9-17-14(10-13)18-11-21-17/h1-4,7-11H,5-6H2;1-5,8-11H,6-7H2;2-6,9-12H,7-8H2,1H3;1-6,9-11H,7-8H2. The van der Waals surface area contributed by atoms with Crippen molar-refractivity contribution < 1.29 is 69.1 Å². The molecule has 0 aliphatic carbocycles. The van der Waals surface area contributed by atoms with Crippen LogP contribution in [0.3, 0.4) is 0 Å². The first-order valence-corrected chi connectivity index (χ1v) is 31.7. The number of thiophene rings is 3. The summed E-state index contributed by atoms with van der Waals surface area (Å²) in [6.07, 6.45) is -7.39. The summed E-state index contributed by atoms with van der Waals surface area (Å²) in [5, 5.41) is 8.83. The summed E-state index contributed by atoms with van der Waals surface area (Å²) in [7, 11) is 0. The van der Waals surface area contributed by atoms with Crippen LogP contribution in [0.1, 0.15) is 151 Å². The van der Waals surface area contributed by atoms with E-state index >= 15 is 0 Å². The molecule has 93 heavy (non-hydrogen) atoms. The van der Waals surface area contributed by atoms with Gasteiger partial charge in [-0.2, -0.15) is 26.3 Å². The van der Waals surface area contributed by atoms with E-state index in [9.17, 15) is 64.7 Å². The lowest BCUT2D eigenvalue weighted by molar-refractivity contribution is -0.138. The Kier molecular flexibility index (Phi) is 22.4. The van der Waals surface area contributed by atoms with Gasteiger partial charge in [0.2, 0.25) is 0 Å². The van der Waals surface area contributed by atoms with Crippen LogP contribution in [0, 0.1) is 6.92 Å². The minimum absolute atomic E-state index is 0.0185. The Bertz CT molecular complexity index is 4690. The predicted octanol–water partition coefficient (Wildman–Crippen LogP) is 20.3. The molecule has 0 amide bonds. The number of oxazole rings is 1. The van der Waals surface area contributed by atoms with Gasteiger partial charge < -0.3 is 4.42 Å². The molecule has 19 heteroatoms. The fourth-order valence-electron chi connectivity index (χ4n) is 9.71. The van der Waals surface area contributed by atoms with Gasteiger partial charge in [-0.05, 0) is 148 Å². The van der Waals surface area contributed by atoms with Crippen LogP contribution in [0.2, 0.25) is 0 Å². The van der Waals surface area contributed by atoms with E-state index in [4.69, 9.17) is 4.42 Å². The lowest BCUT2D eigenvalue weighted by Crippen LogP contribution is -2.14. The molecule has 0 fully saturated rings. The second-order valence-electron chi connectivity index (χ2n) is 21.3. The maximum atomic E-state index is 13.0. The number of hydrogen-bond donors (Lipinski definition) is 0. The van der Waals surface area contributed by atoms with E-state index in [0.717, 1.165) is 55.4 Å². The number of aromatic nitrogens is 1. The van der Waals surface area contributed by atoms with Crippen molar-refractivity contribution in [2.24, 2.45) is 0 Å². The van der Waals surface area contributed by atoms with Crippen molar-refractivity contribution in [2.45, 2.75) is 70.6 Å². The number of benzene rings is 8. The van der Waals surface area contributed by atoms with Crippen LogP contribution >= 0.6 is 34.0 Å². The van der Waals surface area contributed by atoms with Gasteiger partial charge in [0.1, 0.15) is 5.52 Å². The number of carbonyl (C=O) groups excluding carboxylic acids is 8. The quantitative estimate of drug-likeness (QED) is 0.0530. The van der Waals surface area contributed by atoms with E-state index in [-0.39, 0.29) is 91.6 Å². The van der Waals surface area contributed by atoms with E-state index in [1.807, 2.05) is 114 Å². The molecular weight excluding hydrogens is 1260 g/mol. The number of hydrogen-bond acceptors (Lipinski definition) is 13. The van der Waals surface area contributed by atoms with Crippen molar-refractivity contribution >= 4 is 122 Å². The predicted molar refractivity (Wildman–Crippen MR) is 352 cm³/mol. The number of carbonyl (C=O) groups is 8. The van der Waals surface area contributed by atoms with E-state index in [1.165, 1.54) is 35.4 Å². The molecule has 12 aromatic rings. The number of Topliss-reactive ketones (excluding diaryl/α,β-unsaturated/α-hetero) is 8. The molecule has 0 spiro atoms. The zero-order valence-electron chi connectivity index (χ0n) is 49.6. The monoisotopic (exact) mass is 1310 g/mol. The molecule has 470 valence electrons. The normalized spacial score (nSPS) is 11.2. The summed E-state index contributed by atoms with van der Waals surface area (Å²) in [5.74, 6) is -1.66. The highest BCUT2D eigenvalue weighted by Gasteiger charge is 2.35. The Balaban J connectivity index is 0.000000147. The number of fused-ring (bicyclic) bond motifs is 4. The third-order valence-corrected chi connectivity index (χ3v) is 17.5. The first kappa shape index (κ1) is 67.4. The molecule has 4 heterocycles. The van der Waals surface area contributed by atoms with Crippen LogP contribution in [0.15, 0.2) is 221 Å². The highest BCUT2D eigenvalue weighted by atomic mass is 32.1. The van der Waals surface area contributed by atoms with Crippen molar-refractivity contribution in [3.05, 3.63) is 278 Å². The molecule has 0 aliphatic rings. The molecule has 0 aliphatic heterocycles. The summed E-state index contributed by atoms with van der Waals surface area (Å²) >= 11 is 4.78. The summed E-state index contributed by atoms with van der Waals surface area (Å²) in [4.78, 5) is 101. The number of alkyl halides is 6. The molecule has 4 aromatic heterocycles. The van der Waals surface area contributed by atoms with Crippen LogP contribution in [0.25, 0.3) is 41.4 Å². The van der Waals surface area contributed by atoms with E-state index in [0.29, 0.717) is 44.5 Å². The lowest BCUT2D eigenvalue weighted by Gasteiger charge is -2.11. The molecular formula is C74H55F6NO9S3. The minimum atomic E-state index is -4.60. The Morgan fingerprint density at radius 2 is 0.742 bits per heavy atom. The fourth-order valence-corrected chi connectivity index (χ4v) is 12.0. The average molecular weight is 1310 g/mol. The van der Waals surface area contributed by atoms with Crippen LogP contribution in [-0.4, -0.2) is 51.2 Å². The molecule has 8 aromatic carbocycles. The Morgan fingerprint density at radius 3 is 1.20 bits per heavy atom. The van der Waals surface area contributed by atoms with Gasteiger partial charge in [0, 0.05) is 110 Å². The van der Waals surface area contributed by atoms with E-state index in [1.54, 1.807) is 88.6 Å². The van der Waals surface area contributed by atoms with Crippen molar-refractivity contribution in [1.29, 1.82) is 0 Å². The smallest absolute Gasteiger partial charge is 0.417 e. The molecule has 0 saturated heterocycles. The van der Waals surface area contributed by atoms with Crippen LogP contribution < -0.4 is 0 Å². The first-order valence-electron chi connectivity index (χ1n) is 29.0. The van der Waals surface area contributed by atoms with Crippen molar-refractivity contribution in [1.82, 2.24) is 4.98 Å². The third-order valence-electron chi connectivity index (χ3n) is 14.8. The molecule has 0 saturated carbocycles. The molecule has 0 atom stereocenters. The third kappa shape index (κ3) is 18.4. The highest BCUT2D eigenvalue weighted by Crippen LogP contribution is 2.34. The average Bonchev–Trinajstić information content (AvgIpc) is 1.93. The number of nitrogens with zero attached hydrogens (tertiary/aromatic N) is 1. The number of halogens is 6. The molecule has 12 rings (SSSR count).